The van der Waals surface area contributed by atoms with Crippen molar-refractivity contribution >= 4 is 28.9 Å². The van der Waals surface area contributed by atoms with Crippen molar-refractivity contribution in [1.29, 1.82) is 0 Å². The third-order valence-electron chi connectivity index (χ3n) is 3.03. The molecule has 2 aromatic rings. The summed E-state index contributed by atoms with van der Waals surface area (Å²) in [5.41, 5.74) is 7.68. The zero-order valence-corrected chi connectivity index (χ0v) is 12.6. The molecule has 5 heteroatoms. The average Bonchev–Trinajstić information content (AvgIpc) is 2.45. The van der Waals surface area contributed by atoms with Crippen LogP contribution in [0.1, 0.15) is 12.5 Å². The number of carbonyl (C=O) groups is 1. The van der Waals surface area contributed by atoms with Gasteiger partial charge in [-0.2, -0.15) is 0 Å². The summed E-state index contributed by atoms with van der Waals surface area (Å²) in [6, 6.07) is 12.5. The molecule has 21 heavy (non-hydrogen) atoms. The van der Waals surface area contributed by atoms with Crippen molar-refractivity contribution in [1.82, 2.24) is 0 Å². The number of ether oxygens (including phenoxy) is 1. The van der Waals surface area contributed by atoms with E-state index in [-0.39, 0.29) is 5.91 Å². The summed E-state index contributed by atoms with van der Waals surface area (Å²) in [6.45, 7) is 3.63. The maximum atomic E-state index is 12.1. The van der Waals surface area contributed by atoms with Gasteiger partial charge in [0, 0.05) is 5.69 Å². The highest BCUT2D eigenvalue weighted by atomic mass is 35.5. The van der Waals surface area contributed by atoms with Gasteiger partial charge in [0.25, 0.3) is 5.91 Å². The second-order valence-electron chi connectivity index (χ2n) is 4.75. The van der Waals surface area contributed by atoms with Crippen molar-refractivity contribution in [3.05, 3.63) is 53.1 Å². The lowest BCUT2D eigenvalue weighted by Crippen LogP contribution is -2.30. The third-order valence-corrected chi connectivity index (χ3v) is 3.37. The minimum absolute atomic E-state index is 0.250. The molecule has 0 aliphatic rings. The molecule has 2 rings (SSSR count). The van der Waals surface area contributed by atoms with E-state index < -0.39 is 6.10 Å². The fourth-order valence-corrected chi connectivity index (χ4v) is 1.92. The Hall–Kier alpha value is -2.20. The van der Waals surface area contributed by atoms with Crippen molar-refractivity contribution in [3.8, 4) is 5.75 Å². The number of anilines is 2. The minimum Gasteiger partial charge on any atom is -0.481 e. The van der Waals surface area contributed by atoms with Crippen LogP contribution >= 0.6 is 11.6 Å². The quantitative estimate of drug-likeness (QED) is 0.848. The number of halogens is 1. The Morgan fingerprint density at radius 2 is 2.00 bits per heavy atom. The van der Waals surface area contributed by atoms with Gasteiger partial charge in [-0.05, 0) is 43.7 Å². The van der Waals surface area contributed by atoms with E-state index >= 15 is 0 Å². The SMILES string of the molecule is Cc1ccccc1O[C@@H](C)C(=O)Nc1ccc(Cl)c(N)c1. The number of hydrogen-bond donors (Lipinski definition) is 2. The highest BCUT2D eigenvalue weighted by molar-refractivity contribution is 6.33. The van der Waals surface area contributed by atoms with Gasteiger partial charge < -0.3 is 15.8 Å². The molecule has 0 aliphatic carbocycles. The summed E-state index contributed by atoms with van der Waals surface area (Å²) >= 11 is 5.84. The van der Waals surface area contributed by atoms with Gasteiger partial charge >= 0.3 is 0 Å². The summed E-state index contributed by atoms with van der Waals surface area (Å²) in [4.78, 5) is 12.1. The molecule has 0 aliphatic heterocycles. The lowest BCUT2D eigenvalue weighted by Gasteiger charge is -2.16. The highest BCUT2D eigenvalue weighted by Gasteiger charge is 2.16. The summed E-state index contributed by atoms with van der Waals surface area (Å²) in [6.07, 6.45) is -0.622. The fourth-order valence-electron chi connectivity index (χ4n) is 1.80. The minimum atomic E-state index is -0.622. The summed E-state index contributed by atoms with van der Waals surface area (Å²) in [5.74, 6) is 0.441. The van der Waals surface area contributed by atoms with E-state index in [1.165, 1.54) is 0 Å². The van der Waals surface area contributed by atoms with E-state index in [1.807, 2.05) is 31.2 Å². The highest BCUT2D eigenvalue weighted by Crippen LogP contribution is 2.23. The van der Waals surface area contributed by atoms with Crippen LogP contribution in [0.25, 0.3) is 0 Å². The normalized spacial score (nSPS) is 11.8. The molecular weight excluding hydrogens is 288 g/mol. The van der Waals surface area contributed by atoms with E-state index in [0.29, 0.717) is 22.1 Å². The van der Waals surface area contributed by atoms with Crippen LogP contribution in [0.2, 0.25) is 5.02 Å². The van der Waals surface area contributed by atoms with Crippen molar-refractivity contribution in [3.63, 3.8) is 0 Å². The molecule has 0 spiro atoms. The van der Waals surface area contributed by atoms with Gasteiger partial charge in [0.2, 0.25) is 0 Å². The summed E-state index contributed by atoms with van der Waals surface area (Å²) in [7, 11) is 0. The molecule has 0 aromatic heterocycles. The standard InChI is InChI=1S/C16H17ClN2O2/c1-10-5-3-4-6-15(10)21-11(2)16(20)19-12-7-8-13(17)14(18)9-12/h3-9,11H,18H2,1-2H3,(H,19,20)/t11-/m0/s1. The second-order valence-corrected chi connectivity index (χ2v) is 5.16. The van der Waals surface area contributed by atoms with Crippen LogP contribution in [-0.4, -0.2) is 12.0 Å². The summed E-state index contributed by atoms with van der Waals surface area (Å²) in [5, 5.41) is 3.20. The molecule has 2 aromatic carbocycles. The number of nitrogens with two attached hydrogens (primary N) is 1. The van der Waals surface area contributed by atoms with Gasteiger partial charge in [0.15, 0.2) is 6.10 Å². The van der Waals surface area contributed by atoms with E-state index in [0.717, 1.165) is 5.56 Å². The Labute approximate surface area is 128 Å². The molecule has 0 saturated heterocycles. The Balaban J connectivity index is 2.02. The molecule has 0 unspecified atom stereocenters. The van der Waals surface area contributed by atoms with Crippen molar-refractivity contribution < 1.29 is 9.53 Å². The molecule has 4 nitrogen and oxygen atoms in total. The van der Waals surface area contributed by atoms with Gasteiger partial charge in [-0.1, -0.05) is 29.8 Å². The molecule has 0 saturated carbocycles. The maximum absolute atomic E-state index is 12.1. The summed E-state index contributed by atoms with van der Waals surface area (Å²) < 4.78 is 5.66. The molecular formula is C16H17ClN2O2. The first-order valence-corrected chi connectivity index (χ1v) is 6.93. The van der Waals surface area contributed by atoms with E-state index in [9.17, 15) is 4.79 Å². The first-order valence-electron chi connectivity index (χ1n) is 6.55. The average molecular weight is 305 g/mol. The van der Waals surface area contributed by atoms with E-state index in [4.69, 9.17) is 22.1 Å². The second kappa shape index (κ2) is 6.50. The van der Waals surface area contributed by atoms with Crippen LogP contribution in [0, 0.1) is 6.92 Å². The van der Waals surface area contributed by atoms with Gasteiger partial charge in [-0.15, -0.1) is 0 Å². The predicted octanol–water partition coefficient (Wildman–Crippen LogP) is 3.64. The zero-order valence-electron chi connectivity index (χ0n) is 11.9. The third kappa shape index (κ3) is 3.89. The smallest absolute Gasteiger partial charge is 0.265 e. The Kier molecular flexibility index (Phi) is 4.70. The number of rotatable bonds is 4. The van der Waals surface area contributed by atoms with Crippen LogP contribution < -0.4 is 15.8 Å². The molecule has 0 fully saturated rings. The molecule has 1 atom stereocenters. The van der Waals surface area contributed by atoms with Crippen LogP contribution in [0.5, 0.6) is 5.75 Å². The molecule has 0 bridgehead atoms. The number of hydrogen-bond acceptors (Lipinski definition) is 3. The van der Waals surface area contributed by atoms with Crippen molar-refractivity contribution in [2.45, 2.75) is 20.0 Å². The van der Waals surface area contributed by atoms with E-state index in [1.54, 1.807) is 25.1 Å². The predicted molar refractivity (Wildman–Crippen MR) is 85.8 cm³/mol. The topological polar surface area (TPSA) is 64.3 Å². The number of aryl methyl sites for hydroxylation is 1. The van der Waals surface area contributed by atoms with Crippen LogP contribution in [0.15, 0.2) is 42.5 Å². The number of nitrogens with one attached hydrogen (secondary N) is 1. The zero-order chi connectivity index (χ0) is 15.4. The van der Waals surface area contributed by atoms with Crippen molar-refractivity contribution in [2.75, 3.05) is 11.1 Å². The number of benzene rings is 2. The van der Waals surface area contributed by atoms with Crippen molar-refractivity contribution in [2.24, 2.45) is 0 Å². The molecule has 3 N–H and O–H groups in total. The Morgan fingerprint density at radius 1 is 1.29 bits per heavy atom. The molecule has 1 amide bonds. The van der Waals surface area contributed by atoms with Crippen LogP contribution in [0.4, 0.5) is 11.4 Å². The number of nitrogen functional groups attached to an aromatic ring is 1. The number of para-hydroxylation sites is 1. The van der Waals surface area contributed by atoms with Gasteiger partial charge in [-0.25, -0.2) is 0 Å². The molecule has 0 heterocycles. The first-order chi connectivity index (χ1) is 9.97. The maximum Gasteiger partial charge on any atom is 0.265 e. The number of carbonyl (C=O) groups excluding carboxylic acids is 1. The lowest BCUT2D eigenvalue weighted by molar-refractivity contribution is -0.122. The number of amides is 1. The Morgan fingerprint density at radius 3 is 2.67 bits per heavy atom. The van der Waals surface area contributed by atoms with Gasteiger partial charge in [0.05, 0.1) is 10.7 Å². The van der Waals surface area contributed by atoms with Crippen LogP contribution in [-0.2, 0) is 4.79 Å². The lowest BCUT2D eigenvalue weighted by atomic mass is 10.2. The molecule has 0 radical (unpaired) electrons. The fraction of sp³-hybridized carbons (Fsp3) is 0.188. The van der Waals surface area contributed by atoms with Gasteiger partial charge in [0.1, 0.15) is 5.75 Å². The van der Waals surface area contributed by atoms with Crippen LogP contribution in [0.3, 0.4) is 0 Å². The Bertz CT molecular complexity index is 658. The molecule has 110 valence electrons. The first kappa shape index (κ1) is 15.2. The van der Waals surface area contributed by atoms with Gasteiger partial charge in [-0.3, -0.25) is 4.79 Å². The monoisotopic (exact) mass is 304 g/mol. The van der Waals surface area contributed by atoms with E-state index in [2.05, 4.69) is 5.32 Å². The largest absolute Gasteiger partial charge is 0.481 e.